The van der Waals surface area contributed by atoms with Gasteiger partial charge in [-0.2, -0.15) is 0 Å². The van der Waals surface area contributed by atoms with E-state index in [9.17, 15) is 4.39 Å². The van der Waals surface area contributed by atoms with Crippen molar-refractivity contribution in [3.63, 3.8) is 0 Å². The zero-order valence-corrected chi connectivity index (χ0v) is 9.96. The van der Waals surface area contributed by atoms with E-state index in [2.05, 4.69) is 19.2 Å². The fourth-order valence-corrected chi connectivity index (χ4v) is 1.95. The van der Waals surface area contributed by atoms with Gasteiger partial charge in [0.1, 0.15) is 5.82 Å². The number of morpholine rings is 1. The molecule has 2 nitrogen and oxygen atoms in total. The Morgan fingerprint density at radius 2 is 2.12 bits per heavy atom. The lowest BCUT2D eigenvalue weighted by atomic mass is 10.0. The summed E-state index contributed by atoms with van der Waals surface area (Å²) in [6.45, 7) is 6.73. The van der Waals surface area contributed by atoms with Crippen molar-refractivity contribution in [2.75, 3.05) is 6.54 Å². The van der Waals surface area contributed by atoms with E-state index in [4.69, 9.17) is 4.74 Å². The Labute approximate surface area is 95.8 Å². The Hall–Kier alpha value is -0.930. The maximum absolute atomic E-state index is 13.1. The van der Waals surface area contributed by atoms with E-state index in [1.54, 1.807) is 13.0 Å². The first-order valence-electron chi connectivity index (χ1n) is 5.73. The lowest BCUT2D eigenvalue weighted by molar-refractivity contribution is -0.0509. The van der Waals surface area contributed by atoms with Crippen molar-refractivity contribution in [1.29, 1.82) is 0 Å². The molecule has 2 rings (SSSR count). The average Bonchev–Trinajstić information content (AvgIpc) is 2.26. The van der Waals surface area contributed by atoms with Crippen LogP contribution in [0, 0.1) is 12.7 Å². The van der Waals surface area contributed by atoms with E-state index < -0.39 is 0 Å². The standard InChI is InChI=1S/C13H18FNO/c1-8-6-11(4-5-12(8)14)13-7-15-9(2)10(3)16-13/h4-6,9-10,13,15H,7H2,1-3H3. The maximum atomic E-state index is 13.1. The Kier molecular flexibility index (Phi) is 3.26. The molecule has 1 aromatic rings. The molecule has 1 saturated heterocycles. The maximum Gasteiger partial charge on any atom is 0.126 e. The Morgan fingerprint density at radius 1 is 1.38 bits per heavy atom. The zero-order valence-electron chi connectivity index (χ0n) is 9.96. The van der Waals surface area contributed by atoms with Crippen molar-refractivity contribution in [3.8, 4) is 0 Å². The van der Waals surface area contributed by atoms with Gasteiger partial charge >= 0.3 is 0 Å². The van der Waals surface area contributed by atoms with Gasteiger partial charge in [-0.3, -0.25) is 0 Å². The third-order valence-electron chi connectivity index (χ3n) is 3.26. The second-order valence-corrected chi connectivity index (χ2v) is 4.54. The SMILES string of the molecule is Cc1cc(C2CNC(C)C(C)O2)ccc1F. The van der Waals surface area contributed by atoms with Crippen LogP contribution < -0.4 is 5.32 Å². The molecule has 0 aliphatic carbocycles. The van der Waals surface area contributed by atoms with E-state index in [-0.39, 0.29) is 18.0 Å². The predicted octanol–water partition coefficient (Wildman–Crippen LogP) is 2.57. The first-order valence-corrected chi connectivity index (χ1v) is 5.73. The molecule has 16 heavy (non-hydrogen) atoms. The average molecular weight is 223 g/mol. The molecule has 0 spiro atoms. The van der Waals surface area contributed by atoms with Crippen LogP contribution in [-0.2, 0) is 4.74 Å². The molecule has 88 valence electrons. The van der Waals surface area contributed by atoms with Crippen LogP contribution in [0.4, 0.5) is 4.39 Å². The number of hydrogen-bond acceptors (Lipinski definition) is 2. The summed E-state index contributed by atoms with van der Waals surface area (Å²) in [5.41, 5.74) is 1.72. The van der Waals surface area contributed by atoms with E-state index in [1.807, 2.05) is 6.07 Å². The van der Waals surface area contributed by atoms with Crippen molar-refractivity contribution in [3.05, 3.63) is 35.1 Å². The number of aryl methyl sites for hydroxylation is 1. The Bertz CT molecular complexity index is 380. The molecule has 3 atom stereocenters. The first-order chi connectivity index (χ1) is 7.58. The molecule has 1 aliphatic rings. The van der Waals surface area contributed by atoms with Crippen LogP contribution >= 0.6 is 0 Å². The minimum atomic E-state index is -0.158. The van der Waals surface area contributed by atoms with E-state index in [1.165, 1.54) is 6.07 Å². The number of hydrogen-bond donors (Lipinski definition) is 1. The summed E-state index contributed by atoms with van der Waals surface area (Å²) in [6.07, 6.45) is 0.217. The summed E-state index contributed by atoms with van der Waals surface area (Å²) in [5.74, 6) is -0.158. The molecule has 3 unspecified atom stereocenters. The number of benzene rings is 1. The van der Waals surface area contributed by atoms with Gasteiger partial charge in [0.15, 0.2) is 0 Å². The van der Waals surface area contributed by atoms with E-state index in [0.717, 1.165) is 12.1 Å². The first kappa shape index (κ1) is 11.6. The highest BCUT2D eigenvalue weighted by molar-refractivity contribution is 5.26. The van der Waals surface area contributed by atoms with Gasteiger partial charge in [0.05, 0.1) is 12.2 Å². The van der Waals surface area contributed by atoms with Crippen molar-refractivity contribution in [1.82, 2.24) is 5.32 Å². The van der Waals surface area contributed by atoms with Gasteiger partial charge in [-0.25, -0.2) is 4.39 Å². The predicted molar refractivity (Wildman–Crippen MR) is 61.9 cm³/mol. The molecule has 0 aromatic heterocycles. The molecule has 0 saturated carbocycles. The third kappa shape index (κ3) is 2.25. The summed E-state index contributed by atoms with van der Waals surface area (Å²) in [4.78, 5) is 0. The normalized spacial score (nSPS) is 30.4. The number of nitrogens with one attached hydrogen (secondary N) is 1. The summed E-state index contributed by atoms with van der Waals surface area (Å²) in [5, 5.41) is 3.40. The third-order valence-corrected chi connectivity index (χ3v) is 3.26. The van der Waals surface area contributed by atoms with Crippen molar-refractivity contribution in [2.24, 2.45) is 0 Å². The minimum absolute atomic E-state index is 0.0329. The molecule has 1 aliphatic heterocycles. The smallest absolute Gasteiger partial charge is 0.126 e. The highest BCUT2D eigenvalue weighted by Crippen LogP contribution is 2.24. The Morgan fingerprint density at radius 3 is 2.75 bits per heavy atom. The molecule has 1 aromatic carbocycles. The molecule has 1 heterocycles. The fraction of sp³-hybridized carbons (Fsp3) is 0.538. The van der Waals surface area contributed by atoms with Crippen LogP contribution in [0.15, 0.2) is 18.2 Å². The summed E-state index contributed by atoms with van der Waals surface area (Å²) < 4.78 is 19.0. The molecule has 1 fully saturated rings. The van der Waals surface area contributed by atoms with Crippen LogP contribution in [0.2, 0.25) is 0 Å². The van der Waals surface area contributed by atoms with Gasteiger partial charge in [0.25, 0.3) is 0 Å². The van der Waals surface area contributed by atoms with Gasteiger partial charge in [-0.05, 0) is 38.0 Å². The van der Waals surface area contributed by atoms with Crippen LogP contribution in [0.1, 0.15) is 31.1 Å². The molecule has 0 radical (unpaired) electrons. The molecule has 0 amide bonds. The number of ether oxygens (including phenoxy) is 1. The van der Waals surface area contributed by atoms with Gasteiger partial charge in [0.2, 0.25) is 0 Å². The second kappa shape index (κ2) is 4.52. The molecular formula is C13H18FNO. The van der Waals surface area contributed by atoms with Crippen LogP contribution in [0.25, 0.3) is 0 Å². The lowest BCUT2D eigenvalue weighted by Crippen LogP contribution is -2.46. The van der Waals surface area contributed by atoms with Crippen LogP contribution in [-0.4, -0.2) is 18.7 Å². The van der Waals surface area contributed by atoms with Crippen molar-refractivity contribution >= 4 is 0 Å². The van der Waals surface area contributed by atoms with E-state index >= 15 is 0 Å². The lowest BCUT2D eigenvalue weighted by Gasteiger charge is -2.34. The summed E-state index contributed by atoms with van der Waals surface area (Å²) in [6, 6.07) is 5.55. The van der Waals surface area contributed by atoms with Gasteiger partial charge < -0.3 is 10.1 Å². The molecular weight excluding hydrogens is 205 g/mol. The van der Waals surface area contributed by atoms with Crippen molar-refractivity contribution in [2.45, 2.75) is 39.0 Å². The number of halogens is 1. The summed E-state index contributed by atoms with van der Waals surface area (Å²) in [7, 11) is 0. The summed E-state index contributed by atoms with van der Waals surface area (Å²) >= 11 is 0. The molecule has 0 bridgehead atoms. The second-order valence-electron chi connectivity index (χ2n) is 4.54. The van der Waals surface area contributed by atoms with Crippen LogP contribution in [0.3, 0.4) is 0 Å². The van der Waals surface area contributed by atoms with Crippen molar-refractivity contribution < 1.29 is 9.13 Å². The van der Waals surface area contributed by atoms with Crippen LogP contribution in [0.5, 0.6) is 0 Å². The quantitative estimate of drug-likeness (QED) is 0.790. The van der Waals surface area contributed by atoms with Gasteiger partial charge in [-0.15, -0.1) is 0 Å². The fourth-order valence-electron chi connectivity index (χ4n) is 1.95. The molecule has 1 N–H and O–H groups in total. The van der Waals surface area contributed by atoms with Gasteiger partial charge in [-0.1, -0.05) is 12.1 Å². The van der Waals surface area contributed by atoms with E-state index in [0.29, 0.717) is 11.6 Å². The highest BCUT2D eigenvalue weighted by Gasteiger charge is 2.25. The largest absolute Gasteiger partial charge is 0.368 e. The highest BCUT2D eigenvalue weighted by atomic mass is 19.1. The number of rotatable bonds is 1. The Balaban J connectivity index is 2.15. The zero-order chi connectivity index (χ0) is 11.7. The van der Waals surface area contributed by atoms with Gasteiger partial charge in [0, 0.05) is 12.6 Å². The molecule has 3 heteroatoms. The topological polar surface area (TPSA) is 21.3 Å². The minimum Gasteiger partial charge on any atom is -0.368 e. The monoisotopic (exact) mass is 223 g/mol.